The van der Waals surface area contributed by atoms with E-state index in [2.05, 4.69) is 30.0 Å². The Kier molecular flexibility index (Phi) is 5.64. The quantitative estimate of drug-likeness (QED) is 0.827. The zero-order chi connectivity index (χ0) is 13.5. The maximum Gasteiger partial charge on any atom is 0.129 e. The molecule has 0 bridgehead atoms. The average molecular weight is 261 g/mol. The lowest BCUT2D eigenvalue weighted by atomic mass is 10.1. The van der Waals surface area contributed by atoms with Gasteiger partial charge in [0.05, 0.1) is 0 Å². The average Bonchev–Trinajstić information content (AvgIpc) is 2.68. The molecule has 1 heterocycles. The topological polar surface area (TPSA) is 42.1 Å². The third-order valence-corrected chi connectivity index (χ3v) is 4.04. The molecule has 0 aromatic carbocycles. The van der Waals surface area contributed by atoms with Crippen molar-refractivity contribution < 1.29 is 0 Å². The highest BCUT2D eigenvalue weighted by Gasteiger charge is 2.20. The Balaban J connectivity index is 2.13. The van der Waals surface area contributed by atoms with Crippen LogP contribution in [0.4, 0.5) is 5.82 Å². The standard InChI is InChI=1S/C16H27N3/c1-14-8-6-11-16(18-14)19(13-7-12-17)15-9-4-2-3-5-10-15/h6,8,11,15H,2-5,7,9-10,12-13,17H2,1H3. The van der Waals surface area contributed by atoms with Crippen LogP contribution in [0.2, 0.25) is 0 Å². The number of aromatic nitrogens is 1. The maximum absolute atomic E-state index is 5.70. The predicted molar refractivity (Wildman–Crippen MR) is 81.5 cm³/mol. The lowest BCUT2D eigenvalue weighted by Crippen LogP contribution is -2.37. The van der Waals surface area contributed by atoms with Gasteiger partial charge in [-0.2, -0.15) is 0 Å². The van der Waals surface area contributed by atoms with Gasteiger partial charge < -0.3 is 10.6 Å². The van der Waals surface area contributed by atoms with Gasteiger partial charge in [0, 0.05) is 18.3 Å². The molecule has 2 rings (SSSR count). The Morgan fingerprint density at radius 3 is 2.58 bits per heavy atom. The molecule has 1 aliphatic carbocycles. The molecule has 0 saturated heterocycles. The molecule has 0 spiro atoms. The van der Waals surface area contributed by atoms with E-state index in [-0.39, 0.29) is 0 Å². The molecule has 106 valence electrons. The van der Waals surface area contributed by atoms with Gasteiger partial charge >= 0.3 is 0 Å². The summed E-state index contributed by atoms with van der Waals surface area (Å²) in [6.07, 6.45) is 9.16. The second kappa shape index (κ2) is 7.49. The van der Waals surface area contributed by atoms with Crippen LogP contribution < -0.4 is 10.6 Å². The summed E-state index contributed by atoms with van der Waals surface area (Å²) < 4.78 is 0. The fourth-order valence-corrected chi connectivity index (χ4v) is 3.00. The van der Waals surface area contributed by atoms with Gasteiger partial charge in [-0.15, -0.1) is 0 Å². The summed E-state index contributed by atoms with van der Waals surface area (Å²) in [6, 6.07) is 6.99. The molecule has 1 aromatic rings. The number of pyridine rings is 1. The van der Waals surface area contributed by atoms with Crippen molar-refractivity contribution in [3.8, 4) is 0 Å². The largest absolute Gasteiger partial charge is 0.354 e. The number of rotatable bonds is 5. The van der Waals surface area contributed by atoms with Gasteiger partial charge in [-0.1, -0.05) is 31.7 Å². The van der Waals surface area contributed by atoms with Crippen LogP contribution in [-0.2, 0) is 0 Å². The monoisotopic (exact) mass is 261 g/mol. The van der Waals surface area contributed by atoms with Crippen molar-refractivity contribution in [3.05, 3.63) is 23.9 Å². The Hall–Kier alpha value is -1.09. The normalized spacial score (nSPS) is 17.2. The van der Waals surface area contributed by atoms with Crippen molar-refractivity contribution in [3.63, 3.8) is 0 Å². The van der Waals surface area contributed by atoms with Gasteiger partial charge in [0.25, 0.3) is 0 Å². The summed E-state index contributed by atoms with van der Waals surface area (Å²) in [5.41, 5.74) is 6.80. The molecule has 0 amide bonds. The van der Waals surface area contributed by atoms with Gasteiger partial charge in [0.2, 0.25) is 0 Å². The molecule has 1 aromatic heterocycles. The first-order valence-electron chi connectivity index (χ1n) is 7.71. The van der Waals surface area contributed by atoms with Crippen LogP contribution in [0.3, 0.4) is 0 Å². The number of hydrogen-bond acceptors (Lipinski definition) is 3. The number of nitrogens with two attached hydrogens (primary N) is 1. The third-order valence-electron chi connectivity index (χ3n) is 4.04. The molecular weight excluding hydrogens is 234 g/mol. The van der Waals surface area contributed by atoms with Crippen molar-refractivity contribution in [2.45, 2.75) is 57.9 Å². The van der Waals surface area contributed by atoms with Crippen LogP contribution in [0.5, 0.6) is 0 Å². The van der Waals surface area contributed by atoms with E-state index in [0.29, 0.717) is 6.04 Å². The summed E-state index contributed by atoms with van der Waals surface area (Å²) in [7, 11) is 0. The maximum atomic E-state index is 5.70. The fourth-order valence-electron chi connectivity index (χ4n) is 3.00. The molecule has 0 unspecified atom stereocenters. The van der Waals surface area contributed by atoms with Crippen molar-refractivity contribution in [2.24, 2.45) is 5.73 Å². The summed E-state index contributed by atoms with van der Waals surface area (Å²) in [5.74, 6) is 1.14. The van der Waals surface area contributed by atoms with Crippen molar-refractivity contribution in [1.29, 1.82) is 0 Å². The Morgan fingerprint density at radius 2 is 1.95 bits per heavy atom. The molecule has 0 aliphatic heterocycles. The van der Waals surface area contributed by atoms with Crippen LogP contribution in [0.15, 0.2) is 18.2 Å². The van der Waals surface area contributed by atoms with E-state index >= 15 is 0 Å². The first-order valence-corrected chi connectivity index (χ1v) is 7.71. The number of hydrogen-bond donors (Lipinski definition) is 1. The summed E-state index contributed by atoms with van der Waals surface area (Å²) in [4.78, 5) is 7.22. The van der Waals surface area contributed by atoms with Crippen LogP contribution in [-0.4, -0.2) is 24.1 Å². The molecule has 19 heavy (non-hydrogen) atoms. The first kappa shape index (κ1) is 14.3. The van der Waals surface area contributed by atoms with Gasteiger partial charge in [0.15, 0.2) is 0 Å². The van der Waals surface area contributed by atoms with Crippen molar-refractivity contribution in [2.75, 3.05) is 18.0 Å². The Bertz CT molecular complexity index is 370. The van der Waals surface area contributed by atoms with E-state index in [9.17, 15) is 0 Å². The number of nitrogens with zero attached hydrogens (tertiary/aromatic N) is 2. The minimum Gasteiger partial charge on any atom is -0.354 e. The van der Waals surface area contributed by atoms with E-state index in [1.807, 2.05) is 0 Å². The third kappa shape index (κ3) is 4.20. The van der Waals surface area contributed by atoms with Gasteiger partial charge in [-0.05, 0) is 44.9 Å². The SMILES string of the molecule is Cc1cccc(N(CCCN)C2CCCCCC2)n1. The smallest absolute Gasteiger partial charge is 0.129 e. The molecule has 3 heteroatoms. The van der Waals surface area contributed by atoms with Crippen LogP contribution in [0, 0.1) is 6.92 Å². The van der Waals surface area contributed by atoms with Crippen LogP contribution >= 0.6 is 0 Å². The van der Waals surface area contributed by atoms with Crippen molar-refractivity contribution >= 4 is 5.82 Å². The van der Waals surface area contributed by atoms with E-state index in [1.165, 1.54) is 38.5 Å². The second-order valence-electron chi connectivity index (χ2n) is 5.62. The highest BCUT2D eigenvalue weighted by Crippen LogP contribution is 2.25. The molecule has 1 saturated carbocycles. The lowest BCUT2D eigenvalue weighted by Gasteiger charge is -2.32. The first-order chi connectivity index (χ1) is 9.31. The van der Waals surface area contributed by atoms with Gasteiger partial charge in [0.1, 0.15) is 5.82 Å². The van der Waals surface area contributed by atoms with Crippen LogP contribution in [0.25, 0.3) is 0 Å². The number of anilines is 1. The van der Waals surface area contributed by atoms with E-state index in [1.54, 1.807) is 0 Å². The molecular formula is C16H27N3. The molecule has 2 N–H and O–H groups in total. The molecule has 0 atom stereocenters. The Morgan fingerprint density at radius 1 is 1.21 bits per heavy atom. The van der Waals surface area contributed by atoms with Crippen LogP contribution in [0.1, 0.15) is 50.6 Å². The van der Waals surface area contributed by atoms with Crippen molar-refractivity contribution in [1.82, 2.24) is 4.98 Å². The lowest BCUT2D eigenvalue weighted by molar-refractivity contribution is 0.514. The minimum absolute atomic E-state index is 0.656. The fraction of sp³-hybridized carbons (Fsp3) is 0.688. The van der Waals surface area contributed by atoms with Gasteiger partial charge in [-0.3, -0.25) is 0 Å². The molecule has 1 fully saturated rings. The zero-order valence-electron chi connectivity index (χ0n) is 12.1. The predicted octanol–water partition coefficient (Wildman–Crippen LogP) is 3.27. The van der Waals surface area contributed by atoms with E-state index in [4.69, 9.17) is 10.7 Å². The summed E-state index contributed by atoms with van der Waals surface area (Å²) in [5, 5.41) is 0. The zero-order valence-corrected chi connectivity index (χ0v) is 12.1. The highest BCUT2D eigenvalue weighted by molar-refractivity contribution is 5.40. The second-order valence-corrected chi connectivity index (χ2v) is 5.62. The molecule has 1 aliphatic rings. The van der Waals surface area contributed by atoms with E-state index < -0.39 is 0 Å². The highest BCUT2D eigenvalue weighted by atomic mass is 15.2. The Labute approximate surface area is 117 Å². The minimum atomic E-state index is 0.656. The number of aryl methyl sites for hydroxylation is 1. The molecule has 0 radical (unpaired) electrons. The molecule has 3 nitrogen and oxygen atoms in total. The summed E-state index contributed by atoms with van der Waals surface area (Å²) >= 11 is 0. The summed E-state index contributed by atoms with van der Waals surface area (Å²) in [6.45, 7) is 3.87. The van der Waals surface area contributed by atoms with Gasteiger partial charge in [-0.25, -0.2) is 4.98 Å². The van der Waals surface area contributed by atoms with E-state index in [0.717, 1.165) is 31.0 Å².